The van der Waals surface area contributed by atoms with Crippen LogP contribution < -0.4 is 0 Å². The van der Waals surface area contributed by atoms with Gasteiger partial charge in [-0.15, -0.1) is 0 Å². The maximum absolute atomic E-state index is 13.7. The summed E-state index contributed by atoms with van der Waals surface area (Å²) < 4.78 is 13.7. The van der Waals surface area contributed by atoms with Gasteiger partial charge in [0.15, 0.2) is 0 Å². The van der Waals surface area contributed by atoms with E-state index in [-0.39, 0.29) is 11.7 Å². The van der Waals surface area contributed by atoms with Gasteiger partial charge in [0.05, 0.1) is 5.69 Å². The van der Waals surface area contributed by atoms with Crippen molar-refractivity contribution < 1.29 is 4.39 Å². The summed E-state index contributed by atoms with van der Waals surface area (Å²) in [6.45, 7) is 7.58. The fraction of sp³-hybridized carbons (Fsp3) is 0.333. The molecule has 0 radical (unpaired) electrons. The third-order valence-electron chi connectivity index (χ3n) is 3.07. The number of aromatic nitrogens is 2. The molecule has 0 aliphatic heterocycles. The summed E-state index contributed by atoms with van der Waals surface area (Å²) >= 11 is 6.14. The average Bonchev–Trinajstić information content (AvgIpc) is 2.35. The van der Waals surface area contributed by atoms with Crippen LogP contribution in [0.4, 0.5) is 4.39 Å². The molecule has 0 saturated carbocycles. The van der Waals surface area contributed by atoms with E-state index < -0.39 is 0 Å². The Balaban J connectivity index is 2.63. The van der Waals surface area contributed by atoms with E-state index in [0.717, 1.165) is 11.1 Å². The van der Waals surface area contributed by atoms with Crippen LogP contribution in [-0.2, 0) is 0 Å². The van der Waals surface area contributed by atoms with Crippen molar-refractivity contribution in [1.29, 1.82) is 0 Å². The number of benzene rings is 1. The van der Waals surface area contributed by atoms with E-state index in [4.69, 9.17) is 11.6 Å². The van der Waals surface area contributed by atoms with Crippen LogP contribution in [0.2, 0.25) is 5.15 Å². The van der Waals surface area contributed by atoms with Gasteiger partial charge in [0, 0.05) is 17.0 Å². The molecule has 0 unspecified atom stereocenters. The lowest BCUT2D eigenvalue weighted by molar-refractivity contribution is 0.619. The van der Waals surface area contributed by atoms with Gasteiger partial charge in [-0.05, 0) is 25.5 Å². The molecule has 19 heavy (non-hydrogen) atoms. The highest BCUT2D eigenvalue weighted by atomic mass is 35.5. The second-order valence-electron chi connectivity index (χ2n) is 4.96. The average molecular weight is 279 g/mol. The minimum Gasteiger partial charge on any atom is -0.232 e. The first kappa shape index (κ1) is 13.9. The summed E-state index contributed by atoms with van der Waals surface area (Å²) in [4.78, 5) is 8.77. The second-order valence-corrected chi connectivity index (χ2v) is 5.32. The van der Waals surface area contributed by atoms with Gasteiger partial charge >= 0.3 is 0 Å². The molecule has 100 valence electrons. The van der Waals surface area contributed by atoms with E-state index in [1.54, 1.807) is 13.0 Å². The molecule has 0 amide bonds. The zero-order valence-electron chi connectivity index (χ0n) is 11.5. The second kappa shape index (κ2) is 5.25. The standard InChI is InChI=1S/C15H16ClFN2/c1-8(2)15-18-13(10(4)14(16)19-15)11-6-5-9(3)12(17)7-11/h5-8H,1-4H3. The Kier molecular flexibility index (Phi) is 3.85. The largest absolute Gasteiger partial charge is 0.232 e. The first-order chi connectivity index (χ1) is 8.90. The van der Waals surface area contributed by atoms with E-state index >= 15 is 0 Å². The summed E-state index contributed by atoms with van der Waals surface area (Å²) in [5.74, 6) is 0.608. The van der Waals surface area contributed by atoms with Crippen LogP contribution in [0, 0.1) is 19.7 Å². The van der Waals surface area contributed by atoms with Crippen molar-refractivity contribution in [2.24, 2.45) is 0 Å². The van der Waals surface area contributed by atoms with Crippen LogP contribution in [0.15, 0.2) is 18.2 Å². The van der Waals surface area contributed by atoms with Gasteiger partial charge in [-0.3, -0.25) is 0 Å². The lowest BCUT2D eigenvalue weighted by Crippen LogP contribution is -2.02. The van der Waals surface area contributed by atoms with Crippen molar-refractivity contribution >= 4 is 11.6 Å². The van der Waals surface area contributed by atoms with Crippen LogP contribution in [0.3, 0.4) is 0 Å². The van der Waals surface area contributed by atoms with Gasteiger partial charge in [0.25, 0.3) is 0 Å². The number of rotatable bonds is 2. The van der Waals surface area contributed by atoms with Crippen LogP contribution >= 0.6 is 11.6 Å². The SMILES string of the molecule is Cc1ccc(-c2nc(C(C)C)nc(Cl)c2C)cc1F. The summed E-state index contributed by atoms with van der Waals surface area (Å²) in [7, 11) is 0. The van der Waals surface area contributed by atoms with Gasteiger partial charge in [0.1, 0.15) is 16.8 Å². The van der Waals surface area contributed by atoms with Crippen LogP contribution in [-0.4, -0.2) is 9.97 Å². The normalized spacial score (nSPS) is 11.1. The highest BCUT2D eigenvalue weighted by molar-refractivity contribution is 6.30. The zero-order valence-corrected chi connectivity index (χ0v) is 12.2. The molecule has 0 spiro atoms. The van der Waals surface area contributed by atoms with Gasteiger partial charge < -0.3 is 0 Å². The van der Waals surface area contributed by atoms with Crippen molar-refractivity contribution in [1.82, 2.24) is 9.97 Å². The highest BCUT2D eigenvalue weighted by Crippen LogP contribution is 2.28. The van der Waals surface area contributed by atoms with E-state index in [0.29, 0.717) is 22.2 Å². The van der Waals surface area contributed by atoms with Gasteiger partial charge in [-0.2, -0.15) is 0 Å². The number of nitrogens with zero attached hydrogens (tertiary/aromatic N) is 2. The predicted octanol–water partition coefficient (Wildman–Crippen LogP) is 4.68. The molecule has 0 bridgehead atoms. The summed E-state index contributed by atoms with van der Waals surface area (Å²) in [6, 6.07) is 5.09. The molecule has 0 aliphatic rings. The number of hydrogen-bond acceptors (Lipinski definition) is 2. The Morgan fingerprint density at radius 1 is 1.16 bits per heavy atom. The topological polar surface area (TPSA) is 25.8 Å². The van der Waals surface area contributed by atoms with E-state index in [2.05, 4.69) is 9.97 Å². The van der Waals surface area contributed by atoms with Crippen LogP contribution in [0.5, 0.6) is 0 Å². The predicted molar refractivity (Wildman–Crippen MR) is 76.0 cm³/mol. The van der Waals surface area contributed by atoms with Crippen LogP contribution in [0.25, 0.3) is 11.3 Å². The molecule has 0 fully saturated rings. The third-order valence-corrected chi connectivity index (χ3v) is 3.43. The summed E-state index contributed by atoms with van der Waals surface area (Å²) in [6.07, 6.45) is 0. The van der Waals surface area contributed by atoms with E-state index in [1.165, 1.54) is 6.07 Å². The molecule has 2 aromatic rings. The monoisotopic (exact) mass is 278 g/mol. The Morgan fingerprint density at radius 3 is 2.42 bits per heavy atom. The number of halogens is 2. The van der Waals surface area contributed by atoms with Crippen LogP contribution in [0.1, 0.15) is 36.7 Å². The molecule has 0 saturated heterocycles. The lowest BCUT2D eigenvalue weighted by Gasteiger charge is -2.11. The highest BCUT2D eigenvalue weighted by Gasteiger charge is 2.14. The van der Waals surface area contributed by atoms with Gasteiger partial charge in [-0.25, -0.2) is 14.4 Å². The molecule has 0 aliphatic carbocycles. The van der Waals surface area contributed by atoms with Crippen molar-refractivity contribution in [3.05, 3.63) is 46.1 Å². The molecule has 1 heterocycles. The molecule has 0 N–H and O–H groups in total. The summed E-state index contributed by atoms with van der Waals surface area (Å²) in [5, 5.41) is 0.426. The molecule has 0 atom stereocenters. The van der Waals surface area contributed by atoms with Gasteiger partial charge in [0.2, 0.25) is 0 Å². The molecule has 2 nitrogen and oxygen atoms in total. The van der Waals surface area contributed by atoms with E-state index in [9.17, 15) is 4.39 Å². The smallest absolute Gasteiger partial charge is 0.136 e. The first-order valence-electron chi connectivity index (χ1n) is 6.20. The maximum atomic E-state index is 13.7. The number of aryl methyl sites for hydroxylation is 1. The minimum atomic E-state index is -0.238. The third kappa shape index (κ3) is 2.76. The molecular weight excluding hydrogens is 263 g/mol. The summed E-state index contributed by atoms with van der Waals surface area (Å²) in [5.41, 5.74) is 2.81. The molecular formula is C15H16ClFN2. The van der Waals surface area contributed by atoms with Crippen molar-refractivity contribution in [2.75, 3.05) is 0 Å². The minimum absolute atomic E-state index is 0.173. The molecule has 1 aromatic carbocycles. The van der Waals surface area contributed by atoms with E-state index in [1.807, 2.05) is 26.8 Å². The van der Waals surface area contributed by atoms with Crippen molar-refractivity contribution in [2.45, 2.75) is 33.6 Å². The fourth-order valence-corrected chi connectivity index (χ4v) is 1.96. The number of hydrogen-bond donors (Lipinski definition) is 0. The lowest BCUT2D eigenvalue weighted by atomic mass is 10.0. The molecule has 4 heteroatoms. The van der Waals surface area contributed by atoms with Crippen molar-refractivity contribution in [3.8, 4) is 11.3 Å². The van der Waals surface area contributed by atoms with Crippen molar-refractivity contribution in [3.63, 3.8) is 0 Å². The zero-order chi connectivity index (χ0) is 14.2. The Bertz CT molecular complexity index is 624. The Labute approximate surface area is 117 Å². The Hall–Kier alpha value is -1.48. The maximum Gasteiger partial charge on any atom is 0.136 e. The Morgan fingerprint density at radius 2 is 1.84 bits per heavy atom. The first-order valence-corrected chi connectivity index (χ1v) is 6.58. The quantitative estimate of drug-likeness (QED) is 0.746. The van der Waals surface area contributed by atoms with Gasteiger partial charge in [-0.1, -0.05) is 37.6 Å². The fourth-order valence-electron chi connectivity index (χ4n) is 1.78. The molecule has 1 aromatic heterocycles. The molecule has 2 rings (SSSR count).